The second-order valence-corrected chi connectivity index (χ2v) is 17.5. The number of anilines is 3. The molecular weight excluding hydrogens is 653 g/mol. The van der Waals surface area contributed by atoms with E-state index in [0.717, 1.165) is 17.1 Å². The molecule has 54 heavy (non-hydrogen) atoms. The van der Waals surface area contributed by atoms with Crippen molar-refractivity contribution in [1.29, 1.82) is 0 Å². The molecule has 1 aliphatic heterocycles. The van der Waals surface area contributed by atoms with Crippen molar-refractivity contribution in [3.05, 3.63) is 179 Å². The third-order valence-corrected chi connectivity index (χ3v) is 12.6. The Morgan fingerprint density at radius 2 is 1.06 bits per heavy atom. The summed E-state index contributed by atoms with van der Waals surface area (Å²) in [6.07, 6.45) is 0. The van der Waals surface area contributed by atoms with Crippen LogP contribution in [0.1, 0.15) is 76.3 Å². The molecule has 0 bridgehead atoms. The molecule has 2 heteroatoms. The summed E-state index contributed by atoms with van der Waals surface area (Å²) in [5.74, 6) is 0. The molecule has 0 N–H and O–H groups in total. The summed E-state index contributed by atoms with van der Waals surface area (Å²) < 4.78 is 2.50. The summed E-state index contributed by atoms with van der Waals surface area (Å²) in [6.45, 7) is 16.3. The zero-order chi connectivity index (χ0) is 37.1. The molecule has 10 rings (SSSR count). The van der Waals surface area contributed by atoms with Crippen molar-refractivity contribution in [3.63, 3.8) is 0 Å². The minimum atomic E-state index is -0.0928. The van der Waals surface area contributed by atoms with E-state index < -0.39 is 0 Å². The highest BCUT2D eigenvalue weighted by Gasteiger charge is 2.36. The molecule has 2 aliphatic rings. The van der Waals surface area contributed by atoms with Crippen molar-refractivity contribution >= 4 is 38.9 Å². The van der Waals surface area contributed by atoms with Crippen LogP contribution < -0.4 is 4.90 Å². The number of aromatic nitrogens is 1. The van der Waals surface area contributed by atoms with E-state index in [1.165, 1.54) is 77.6 Å². The van der Waals surface area contributed by atoms with Gasteiger partial charge in [0.25, 0.3) is 0 Å². The van der Waals surface area contributed by atoms with Crippen LogP contribution in [0.2, 0.25) is 0 Å². The maximum Gasteiger partial charge on any atom is 0.0582 e. The van der Waals surface area contributed by atoms with Crippen molar-refractivity contribution in [3.8, 4) is 27.9 Å². The van der Waals surface area contributed by atoms with Gasteiger partial charge in [0.05, 0.1) is 16.7 Å². The SMILES string of the molecule is CC(C)(C)c1ccc(N(c2ccc(-c3ccc4c(c3)C(C)(C)c3ccccc3-4)cc2)c2ccc3c(c2)c2cccc4c2n3-c2ccccc2C4(C)C)cc1. The Bertz CT molecular complexity index is 2790. The van der Waals surface area contributed by atoms with E-state index in [4.69, 9.17) is 0 Å². The van der Waals surface area contributed by atoms with Gasteiger partial charge in [0, 0.05) is 38.7 Å². The average Bonchev–Trinajstić information content (AvgIpc) is 3.63. The fourth-order valence-electron chi connectivity index (χ4n) is 9.54. The Labute approximate surface area is 319 Å². The van der Waals surface area contributed by atoms with Gasteiger partial charge in [-0.3, -0.25) is 0 Å². The summed E-state index contributed by atoms with van der Waals surface area (Å²) in [6, 6.07) is 57.0. The summed E-state index contributed by atoms with van der Waals surface area (Å²) in [5.41, 5.74) is 19.3. The minimum Gasteiger partial charge on any atom is -0.310 e. The maximum absolute atomic E-state index is 2.50. The zero-order valence-electron chi connectivity index (χ0n) is 32.3. The van der Waals surface area contributed by atoms with Gasteiger partial charge in [0.15, 0.2) is 0 Å². The third-order valence-electron chi connectivity index (χ3n) is 12.6. The fourth-order valence-corrected chi connectivity index (χ4v) is 9.54. The highest BCUT2D eigenvalue weighted by molar-refractivity contribution is 6.12. The molecule has 0 fully saturated rings. The molecule has 7 aromatic carbocycles. The monoisotopic (exact) mass is 698 g/mol. The molecule has 0 spiro atoms. The van der Waals surface area contributed by atoms with Crippen molar-refractivity contribution in [2.24, 2.45) is 0 Å². The number of rotatable bonds is 4. The molecular formula is C52H46N2. The molecule has 264 valence electrons. The van der Waals surface area contributed by atoms with Crippen LogP contribution in [0.5, 0.6) is 0 Å². The van der Waals surface area contributed by atoms with Crippen LogP contribution in [0.3, 0.4) is 0 Å². The topological polar surface area (TPSA) is 8.17 Å². The van der Waals surface area contributed by atoms with Crippen LogP contribution in [-0.2, 0) is 16.2 Å². The standard InChI is InChI=1S/C52H46N2/c1-50(2,3)35-22-26-37(27-23-35)53(36-24-19-33(20-25-36)34-21-29-40-39-13-8-9-15-43(39)51(4,5)46(40)31-34)38-28-30-47-42(32-38)41-14-12-17-45-49(41)54(47)48-18-11-10-16-44(48)52(45,6)7/h8-32H,1-7H3. The highest BCUT2D eigenvalue weighted by Crippen LogP contribution is 2.51. The number of benzene rings is 7. The molecule has 0 unspecified atom stereocenters. The van der Waals surface area contributed by atoms with Crippen LogP contribution in [0.15, 0.2) is 152 Å². The van der Waals surface area contributed by atoms with E-state index in [1.54, 1.807) is 0 Å². The molecule has 2 nitrogen and oxygen atoms in total. The zero-order valence-corrected chi connectivity index (χ0v) is 32.3. The summed E-state index contributed by atoms with van der Waals surface area (Å²) in [5, 5.41) is 2.57. The van der Waals surface area contributed by atoms with Crippen molar-refractivity contribution in [2.45, 2.75) is 64.7 Å². The molecule has 0 saturated carbocycles. The fraction of sp³-hybridized carbons (Fsp3) is 0.192. The molecule has 0 saturated heterocycles. The average molecular weight is 699 g/mol. The number of fused-ring (bicyclic) bond motifs is 8. The van der Waals surface area contributed by atoms with Gasteiger partial charge in [-0.25, -0.2) is 0 Å². The van der Waals surface area contributed by atoms with Gasteiger partial charge in [-0.2, -0.15) is 0 Å². The van der Waals surface area contributed by atoms with E-state index in [1.807, 2.05) is 0 Å². The summed E-state index contributed by atoms with van der Waals surface area (Å²) >= 11 is 0. The maximum atomic E-state index is 2.50. The second kappa shape index (κ2) is 11.3. The molecule has 1 aromatic heterocycles. The predicted octanol–water partition coefficient (Wildman–Crippen LogP) is 14.2. The van der Waals surface area contributed by atoms with Crippen LogP contribution >= 0.6 is 0 Å². The first-order valence-corrected chi connectivity index (χ1v) is 19.4. The minimum absolute atomic E-state index is 0.0300. The predicted molar refractivity (Wildman–Crippen MR) is 229 cm³/mol. The van der Waals surface area contributed by atoms with Gasteiger partial charge in [0.2, 0.25) is 0 Å². The van der Waals surface area contributed by atoms with Gasteiger partial charge in [-0.15, -0.1) is 0 Å². The second-order valence-electron chi connectivity index (χ2n) is 17.5. The molecule has 0 amide bonds. The van der Waals surface area contributed by atoms with Gasteiger partial charge in [-0.1, -0.05) is 146 Å². The number of para-hydroxylation sites is 2. The molecule has 0 radical (unpaired) electrons. The van der Waals surface area contributed by atoms with Crippen molar-refractivity contribution in [2.75, 3.05) is 4.90 Å². The Kier molecular flexibility index (Phi) is 6.87. The lowest BCUT2D eigenvalue weighted by Crippen LogP contribution is -2.26. The Morgan fingerprint density at radius 3 is 1.80 bits per heavy atom. The number of hydrogen-bond acceptors (Lipinski definition) is 1. The van der Waals surface area contributed by atoms with E-state index in [2.05, 4.69) is 210 Å². The van der Waals surface area contributed by atoms with E-state index in [9.17, 15) is 0 Å². The smallest absolute Gasteiger partial charge is 0.0582 e. The molecule has 0 atom stereocenters. The molecule has 2 heterocycles. The first-order valence-electron chi connectivity index (χ1n) is 19.4. The Hall–Kier alpha value is -5.86. The van der Waals surface area contributed by atoms with Crippen molar-refractivity contribution < 1.29 is 0 Å². The first kappa shape index (κ1) is 32.8. The van der Waals surface area contributed by atoms with E-state index >= 15 is 0 Å². The summed E-state index contributed by atoms with van der Waals surface area (Å²) in [4.78, 5) is 2.42. The normalized spacial score (nSPS) is 14.9. The Morgan fingerprint density at radius 1 is 0.463 bits per heavy atom. The lowest BCUT2D eigenvalue weighted by molar-refractivity contribution is 0.590. The lowest BCUT2D eigenvalue weighted by atomic mass is 9.75. The third kappa shape index (κ3) is 4.65. The van der Waals surface area contributed by atoms with E-state index in [0.29, 0.717) is 0 Å². The van der Waals surface area contributed by atoms with E-state index in [-0.39, 0.29) is 16.2 Å². The quantitative estimate of drug-likeness (QED) is 0.178. The van der Waals surface area contributed by atoms with Gasteiger partial charge >= 0.3 is 0 Å². The van der Waals surface area contributed by atoms with Crippen LogP contribution in [-0.4, -0.2) is 4.57 Å². The molecule has 1 aliphatic carbocycles. The van der Waals surface area contributed by atoms with Crippen molar-refractivity contribution in [1.82, 2.24) is 4.57 Å². The van der Waals surface area contributed by atoms with Crippen LogP contribution in [0, 0.1) is 0 Å². The molecule has 8 aromatic rings. The number of hydrogen-bond donors (Lipinski definition) is 0. The summed E-state index contributed by atoms with van der Waals surface area (Å²) in [7, 11) is 0. The highest BCUT2D eigenvalue weighted by atomic mass is 15.1. The van der Waals surface area contributed by atoms with Gasteiger partial charge in [-0.05, 0) is 110 Å². The largest absolute Gasteiger partial charge is 0.310 e. The Balaban J connectivity index is 1.11. The first-order chi connectivity index (χ1) is 25.9. The lowest BCUT2D eigenvalue weighted by Gasteiger charge is -2.34. The van der Waals surface area contributed by atoms with Gasteiger partial charge < -0.3 is 9.47 Å². The van der Waals surface area contributed by atoms with Gasteiger partial charge in [0.1, 0.15) is 0 Å². The van der Waals surface area contributed by atoms with Crippen LogP contribution in [0.4, 0.5) is 17.1 Å². The van der Waals surface area contributed by atoms with Crippen LogP contribution in [0.25, 0.3) is 49.7 Å². The number of nitrogens with zero attached hydrogens (tertiary/aromatic N) is 2.